The van der Waals surface area contributed by atoms with E-state index in [4.69, 9.17) is 5.11 Å². The number of carbonyl (C=O) groups is 1. The summed E-state index contributed by atoms with van der Waals surface area (Å²) in [4.78, 5) is 12.8. The molecular formula is C15H22N2O2. The molecule has 0 aliphatic heterocycles. The Morgan fingerprint density at radius 2 is 2.05 bits per heavy atom. The van der Waals surface area contributed by atoms with Crippen LogP contribution in [-0.2, 0) is 11.3 Å². The number of likely N-dealkylation sites (N-methyl/N-ethyl adjacent to an activating group) is 1. The minimum absolute atomic E-state index is 0.159. The molecule has 2 N–H and O–H groups in total. The predicted octanol–water partition coefficient (Wildman–Crippen LogP) is 1.71. The molecule has 1 aromatic carbocycles. The van der Waals surface area contributed by atoms with Crippen LogP contribution in [0.1, 0.15) is 25.3 Å². The Morgan fingerprint density at radius 1 is 1.37 bits per heavy atom. The van der Waals surface area contributed by atoms with Gasteiger partial charge in [-0.1, -0.05) is 37.3 Å². The quantitative estimate of drug-likeness (QED) is 0.785. The molecule has 1 aliphatic rings. The first-order valence-corrected chi connectivity index (χ1v) is 6.92. The van der Waals surface area contributed by atoms with E-state index in [9.17, 15) is 4.79 Å². The summed E-state index contributed by atoms with van der Waals surface area (Å²) >= 11 is 0. The third-order valence-corrected chi connectivity index (χ3v) is 3.81. The van der Waals surface area contributed by atoms with Gasteiger partial charge in [-0.3, -0.25) is 9.69 Å². The molecule has 0 heterocycles. The van der Waals surface area contributed by atoms with Crippen LogP contribution in [0.15, 0.2) is 30.3 Å². The summed E-state index contributed by atoms with van der Waals surface area (Å²) in [6.45, 7) is 3.88. The molecule has 104 valence electrons. The smallest absolute Gasteiger partial charge is 0.317 e. The van der Waals surface area contributed by atoms with Gasteiger partial charge in [-0.2, -0.15) is 0 Å². The van der Waals surface area contributed by atoms with Gasteiger partial charge in [0.15, 0.2) is 0 Å². The van der Waals surface area contributed by atoms with Crippen LogP contribution in [-0.4, -0.2) is 41.1 Å². The van der Waals surface area contributed by atoms with E-state index in [-0.39, 0.29) is 6.54 Å². The summed E-state index contributed by atoms with van der Waals surface area (Å²) in [5.74, 6) is -0.734. The SMILES string of the molecule is CCN(CC(=O)O)C1CC(NCc2ccccc2)C1. The third-order valence-electron chi connectivity index (χ3n) is 3.81. The van der Waals surface area contributed by atoms with Gasteiger partial charge >= 0.3 is 5.97 Å². The number of hydrogen-bond donors (Lipinski definition) is 2. The number of aliphatic carboxylic acids is 1. The van der Waals surface area contributed by atoms with Crippen molar-refractivity contribution >= 4 is 5.97 Å². The average molecular weight is 262 g/mol. The number of nitrogens with zero attached hydrogens (tertiary/aromatic N) is 1. The molecule has 1 aliphatic carbocycles. The van der Waals surface area contributed by atoms with Crippen molar-refractivity contribution in [3.05, 3.63) is 35.9 Å². The number of carboxylic acid groups (broad SMARTS) is 1. The second-order valence-electron chi connectivity index (χ2n) is 5.15. The maximum atomic E-state index is 10.7. The van der Waals surface area contributed by atoms with Crippen molar-refractivity contribution in [3.8, 4) is 0 Å². The Bertz CT molecular complexity index is 402. The standard InChI is InChI=1S/C15H22N2O2/c1-2-17(11-15(18)19)14-8-13(9-14)16-10-12-6-4-3-5-7-12/h3-7,13-14,16H,2,8-11H2,1H3,(H,18,19). The molecule has 4 nitrogen and oxygen atoms in total. The Hall–Kier alpha value is -1.39. The maximum absolute atomic E-state index is 10.7. The summed E-state index contributed by atoms with van der Waals surface area (Å²) in [6.07, 6.45) is 2.10. The minimum Gasteiger partial charge on any atom is -0.480 e. The highest BCUT2D eigenvalue weighted by Gasteiger charge is 2.33. The van der Waals surface area contributed by atoms with Crippen LogP contribution in [0.3, 0.4) is 0 Å². The highest BCUT2D eigenvalue weighted by atomic mass is 16.4. The Morgan fingerprint density at radius 3 is 2.63 bits per heavy atom. The van der Waals surface area contributed by atoms with Crippen molar-refractivity contribution in [3.63, 3.8) is 0 Å². The monoisotopic (exact) mass is 262 g/mol. The summed E-state index contributed by atoms with van der Waals surface area (Å²) in [6, 6.07) is 11.3. The topological polar surface area (TPSA) is 52.6 Å². The molecule has 2 rings (SSSR count). The normalized spacial score (nSPS) is 22.2. The molecule has 0 aromatic heterocycles. The molecule has 1 fully saturated rings. The minimum atomic E-state index is -0.734. The first-order chi connectivity index (χ1) is 9.19. The van der Waals surface area contributed by atoms with Gasteiger partial charge in [0.25, 0.3) is 0 Å². The van der Waals surface area contributed by atoms with Crippen LogP contribution >= 0.6 is 0 Å². The molecule has 4 heteroatoms. The second-order valence-corrected chi connectivity index (χ2v) is 5.15. The third kappa shape index (κ3) is 4.04. The fraction of sp³-hybridized carbons (Fsp3) is 0.533. The van der Waals surface area contributed by atoms with Crippen molar-refractivity contribution in [2.45, 2.75) is 38.4 Å². The molecule has 0 atom stereocenters. The molecule has 0 saturated heterocycles. The largest absolute Gasteiger partial charge is 0.480 e. The van der Waals surface area contributed by atoms with Crippen LogP contribution in [0.5, 0.6) is 0 Å². The van der Waals surface area contributed by atoms with E-state index in [1.54, 1.807) is 0 Å². The predicted molar refractivity (Wildman–Crippen MR) is 75.0 cm³/mol. The van der Waals surface area contributed by atoms with Gasteiger partial charge in [0.1, 0.15) is 0 Å². The van der Waals surface area contributed by atoms with Gasteiger partial charge < -0.3 is 10.4 Å². The number of nitrogens with one attached hydrogen (secondary N) is 1. The van der Waals surface area contributed by atoms with Gasteiger partial charge in [-0.05, 0) is 24.9 Å². The Kier molecular flexibility index (Phi) is 4.93. The molecule has 0 radical (unpaired) electrons. The van der Waals surface area contributed by atoms with Crippen molar-refractivity contribution < 1.29 is 9.90 Å². The van der Waals surface area contributed by atoms with Gasteiger partial charge in [0.05, 0.1) is 6.54 Å². The maximum Gasteiger partial charge on any atom is 0.317 e. The van der Waals surface area contributed by atoms with E-state index in [2.05, 4.69) is 17.4 Å². The average Bonchev–Trinajstić information content (AvgIpc) is 2.36. The first kappa shape index (κ1) is 14.0. The van der Waals surface area contributed by atoms with E-state index in [0.717, 1.165) is 25.9 Å². The van der Waals surface area contributed by atoms with E-state index in [0.29, 0.717) is 12.1 Å². The van der Waals surface area contributed by atoms with Gasteiger partial charge in [0.2, 0.25) is 0 Å². The lowest BCUT2D eigenvalue weighted by molar-refractivity contribution is -0.139. The fourth-order valence-electron chi connectivity index (χ4n) is 2.58. The summed E-state index contributed by atoms with van der Waals surface area (Å²) in [5.41, 5.74) is 1.30. The highest BCUT2D eigenvalue weighted by molar-refractivity contribution is 5.69. The lowest BCUT2D eigenvalue weighted by Crippen LogP contribution is -2.53. The van der Waals surface area contributed by atoms with E-state index < -0.39 is 5.97 Å². The number of rotatable bonds is 7. The van der Waals surface area contributed by atoms with E-state index in [1.165, 1.54) is 5.56 Å². The first-order valence-electron chi connectivity index (χ1n) is 6.92. The molecular weight excluding hydrogens is 240 g/mol. The Balaban J connectivity index is 1.69. The van der Waals surface area contributed by atoms with E-state index in [1.807, 2.05) is 30.0 Å². The van der Waals surface area contributed by atoms with Crippen LogP contribution in [0.25, 0.3) is 0 Å². The van der Waals surface area contributed by atoms with Crippen LogP contribution < -0.4 is 5.32 Å². The van der Waals surface area contributed by atoms with Crippen molar-refractivity contribution in [2.75, 3.05) is 13.1 Å². The van der Waals surface area contributed by atoms with Crippen molar-refractivity contribution in [1.29, 1.82) is 0 Å². The lowest BCUT2D eigenvalue weighted by Gasteiger charge is -2.42. The molecule has 1 saturated carbocycles. The molecule has 0 unspecified atom stereocenters. The van der Waals surface area contributed by atoms with Gasteiger partial charge in [0, 0.05) is 18.6 Å². The Labute approximate surface area is 114 Å². The fourth-order valence-corrected chi connectivity index (χ4v) is 2.58. The number of hydrogen-bond acceptors (Lipinski definition) is 3. The second kappa shape index (κ2) is 6.68. The molecule has 0 spiro atoms. The highest BCUT2D eigenvalue weighted by Crippen LogP contribution is 2.25. The van der Waals surface area contributed by atoms with E-state index >= 15 is 0 Å². The summed E-state index contributed by atoms with van der Waals surface area (Å²) < 4.78 is 0. The lowest BCUT2D eigenvalue weighted by atomic mass is 9.85. The van der Waals surface area contributed by atoms with Crippen LogP contribution in [0.4, 0.5) is 0 Å². The molecule has 19 heavy (non-hydrogen) atoms. The number of benzene rings is 1. The van der Waals surface area contributed by atoms with Crippen molar-refractivity contribution in [2.24, 2.45) is 0 Å². The molecule has 0 amide bonds. The zero-order valence-corrected chi connectivity index (χ0v) is 11.4. The summed E-state index contributed by atoms with van der Waals surface area (Å²) in [7, 11) is 0. The van der Waals surface area contributed by atoms with Crippen molar-refractivity contribution in [1.82, 2.24) is 10.2 Å². The van der Waals surface area contributed by atoms with Crippen LogP contribution in [0.2, 0.25) is 0 Å². The summed E-state index contributed by atoms with van der Waals surface area (Å²) in [5, 5.41) is 12.4. The zero-order chi connectivity index (χ0) is 13.7. The molecule has 1 aromatic rings. The van der Waals surface area contributed by atoms with Gasteiger partial charge in [-0.25, -0.2) is 0 Å². The van der Waals surface area contributed by atoms with Gasteiger partial charge in [-0.15, -0.1) is 0 Å². The molecule has 0 bridgehead atoms. The number of carboxylic acids is 1. The van der Waals surface area contributed by atoms with Crippen LogP contribution in [0, 0.1) is 0 Å². The zero-order valence-electron chi connectivity index (χ0n) is 11.4.